The van der Waals surface area contributed by atoms with Gasteiger partial charge in [-0.3, -0.25) is 9.59 Å². The molecule has 0 radical (unpaired) electrons. The molecule has 5 nitrogen and oxygen atoms in total. The largest absolute Gasteiger partial charge is 0.484 e. The van der Waals surface area contributed by atoms with E-state index in [1.54, 1.807) is 0 Å². The maximum atomic E-state index is 12.9. The quantitative estimate of drug-likeness (QED) is 0.852. The second-order valence-electron chi connectivity index (χ2n) is 8.15. The van der Waals surface area contributed by atoms with Crippen LogP contribution < -0.4 is 15.4 Å². The van der Waals surface area contributed by atoms with Crippen LogP contribution in [0.25, 0.3) is 0 Å². The van der Waals surface area contributed by atoms with Gasteiger partial charge in [-0.05, 0) is 68.2 Å². The van der Waals surface area contributed by atoms with Gasteiger partial charge in [0.25, 0.3) is 5.91 Å². The number of carbonyl (C=O) groups is 2. The minimum absolute atomic E-state index is 0.0657. The van der Waals surface area contributed by atoms with E-state index < -0.39 is 0 Å². The molecule has 5 atom stereocenters. The number of hydrogen-bond acceptors (Lipinski definition) is 3. The second kappa shape index (κ2) is 7.87. The van der Waals surface area contributed by atoms with E-state index in [2.05, 4.69) is 10.6 Å². The van der Waals surface area contributed by atoms with Gasteiger partial charge in [0.1, 0.15) is 11.6 Å². The number of benzene rings is 1. The van der Waals surface area contributed by atoms with E-state index >= 15 is 0 Å². The Kier molecular flexibility index (Phi) is 5.32. The number of carbonyl (C=O) groups excluding carboxylic acids is 2. The molecule has 0 aromatic heterocycles. The zero-order valence-electron chi connectivity index (χ0n) is 15.5. The molecule has 3 fully saturated rings. The Morgan fingerprint density at radius 1 is 1.11 bits per heavy atom. The Bertz CT molecular complexity index is 693. The fourth-order valence-corrected chi connectivity index (χ4v) is 5.24. The van der Waals surface area contributed by atoms with E-state index in [0.29, 0.717) is 17.6 Å². The number of amides is 2. The molecule has 2 N–H and O–H groups in total. The molecule has 5 unspecified atom stereocenters. The van der Waals surface area contributed by atoms with Gasteiger partial charge in [-0.2, -0.15) is 0 Å². The zero-order chi connectivity index (χ0) is 18.8. The lowest BCUT2D eigenvalue weighted by Gasteiger charge is -2.49. The van der Waals surface area contributed by atoms with E-state index in [1.165, 1.54) is 43.5 Å². The van der Waals surface area contributed by atoms with Gasteiger partial charge >= 0.3 is 0 Å². The van der Waals surface area contributed by atoms with Gasteiger partial charge in [0.15, 0.2) is 6.61 Å². The third kappa shape index (κ3) is 4.09. The van der Waals surface area contributed by atoms with Gasteiger partial charge < -0.3 is 15.4 Å². The number of rotatable bonds is 4. The highest BCUT2D eigenvalue weighted by molar-refractivity contribution is 5.80. The van der Waals surface area contributed by atoms with Gasteiger partial charge in [-0.25, -0.2) is 4.39 Å². The summed E-state index contributed by atoms with van der Waals surface area (Å²) in [5.41, 5.74) is 0. The molecule has 3 aliphatic rings. The molecule has 2 saturated carbocycles. The van der Waals surface area contributed by atoms with Crippen molar-refractivity contribution in [2.75, 3.05) is 6.61 Å². The Morgan fingerprint density at radius 3 is 2.70 bits per heavy atom. The summed E-state index contributed by atoms with van der Waals surface area (Å²) in [6, 6.07) is 5.86. The number of halogens is 1. The average Bonchev–Trinajstić information content (AvgIpc) is 2.68. The highest BCUT2D eigenvalue weighted by Gasteiger charge is 2.46. The van der Waals surface area contributed by atoms with Gasteiger partial charge in [0, 0.05) is 18.0 Å². The van der Waals surface area contributed by atoms with Crippen LogP contribution >= 0.6 is 0 Å². The third-order valence-electron chi connectivity index (χ3n) is 6.49. The Balaban J connectivity index is 1.28. The molecule has 27 heavy (non-hydrogen) atoms. The number of piperidine rings is 1. The predicted molar refractivity (Wildman–Crippen MR) is 98.5 cm³/mol. The maximum Gasteiger partial charge on any atom is 0.258 e. The third-order valence-corrected chi connectivity index (χ3v) is 6.49. The lowest BCUT2D eigenvalue weighted by molar-refractivity contribution is -0.136. The van der Waals surface area contributed by atoms with E-state index in [1.807, 2.05) is 0 Å². The summed E-state index contributed by atoms with van der Waals surface area (Å²) in [6.07, 6.45) is 7.39. The van der Waals surface area contributed by atoms with Crippen molar-refractivity contribution in [1.82, 2.24) is 10.6 Å². The molecule has 1 aliphatic heterocycles. The minimum Gasteiger partial charge on any atom is -0.484 e. The van der Waals surface area contributed by atoms with Crippen molar-refractivity contribution in [3.8, 4) is 5.75 Å². The van der Waals surface area contributed by atoms with Gasteiger partial charge in [0.05, 0.1) is 0 Å². The van der Waals surface area contributed by atoms with Crippen molar-refractivity contribution in [2.45, 2.75) is 57.0 Å². The van der Waals surface area contributed by atoms with Gasteiger partial charge in [-0.1, -0.05) is 12.8 Å². The second-order valence-corrected chi connectivity index (χ2v) is 8.15. The van der Waals surface area contributed by atoms with Crippen LogP contribution in [0.4, 0.5) is 4.39 Å². The van der Waals surface area contributed by atoms with Crippen molar-refractivity contribution >= 4 is 11.8 Å². The SMILES string of the molecule is O=C(COc1ccc(F)cc1)NC1CCC2C(C1)NC(=O)C1CCCCC12. The zero-order valence-corrected chi connectivity index (χ0v) is 15.5. The summed E-state index contributed by atoms with van der Waals surface area (Å²) in [5, 5.41) is 6.26. The standard InChI is InChI=1S/C21H27FN2O3/c22-13-5-8-15(9-6-13)27-12-20(25)23-14-7-10-17-16-3-1-2-4-18(16)21(26)24-19(17)11-14/h5-6,8-9,14,16-19H,1-4,7,10-12H2,(H,23,25)(H,24,26). The Morgan fingerprint density at radius 2 is 1.89 bits per heavy atom. The monoisotopic (exact) mass is 374 g/mol. The van der Waals surface area contributed by atoms with Crippen LogP contribution in [-0.4, -0.2) is 30.5 Å². The summed E-state index contributed by atoms with van der Waals surface area (Å²) in [5.74, 6) is 1.45. The molecule has 1 heterocycles. The molecule has 0 bridgehead atoms. The van der Waals surface area contributed by atoms with Crippen molar-refractivity contribution < 1.29 is 18.7 Å². The molecule has 4 rings (SSSR count). The van der Waals surface area contributed by atoms with E-state index in [0.717, 1.165) is 25.7 Å². The van der Waals surface area contributed by atoms with Gasteiger partial charge in [-0.15, -0.1) is 0 Å². The summed E-state index contributed by atoms with van der Waals surface area (Å²) >= 11 is 0. The van der Waals surface area contributed by atoms with Crippen molar-refractivity contribution in [1.29, 1.82) is 0 Å². The van der Waals surface area contributed by atoms with Crippen LogP contribution in [0.15, 0.2) is 24.3 Å². The van der Waals surface area contributed by atoms with E-state index in [9.17, 15) is 14.0 Å². The highest BCUT2D eigenvalue weighted by Crippen LogP contribution is 2.44. The predicted octanol–water partition coefficient (Wildman–Crippen LogP) is 2.79. The highest BCUT2D eigenvalue weighted by atomic mass is 19.1. The lowest BCUT2D eigenvalue weighted by Crippen LogP contribution is -2.59. The molecule has 1 saturated heterocycles. The number of hydrogen-bond donors (Lipinski definition) is 2. The van der Waals surface area contributed by atoms with Crippen LogP contribution in [0.5, 0.6) is 5.75 Å². The van der Waals surface area contributed by atoms with Crippen LogP contribution in [0.2, 0.25) is 0 Å². The smallest absolute Gasteiger partial charge is 0.258 e. The van der Waals surface area contributed by atoms with Crippen molar-refractivity contribution in [2.24, 2.45) is 17.8 Å². The molecule has 1 aromatic rings. The first-order valence-corrected chi connectivity index (χ1v) is 10.1. The first-order valence-electron chi connectivity index (χ1n) is 10.1. The van der Waals surface area contributed by atoms with Crippen LogP contribution in [0, 0.1) is 23.6 Å². The molecule has 0 spiro atoms. The maximum absolute atomic E-state index is 12.9. The minimum atomic E-state index is -0.335. The number of nitrogens with one attached hydrogen (secondary N) is 2. The molecule has 1 aromatic carbocycles. The fourth-order valence-electron chi connectivity index (χ4n) is 5.24. The van der Waals surface area contributed by atoms with Crippen LogP contribution in [-0.2, 0) is 9.59 Å². The van der Waals surface area contributed by atoms with Gasteiger partial charge in [0.2, 0.25) is 5.91 Å². The van der Waals surface area contributed by atoms with Crippen molar-refractivity contribution in [3.63, 3.8) is 0 Å². The van der Waals surface area contributed by atoms with Crippen LogP contribution in [0.1, 0.15) is 44.9 Å². The summed E-state index contributed by atoms with van der Waals surface area (Å²) in [4.78, 5) is 24.7. The lowest BCUT2D eigenvalue weighted by atomic mass is 9.63. The molecule has 2 amide bonds. The van der Waals surface area contributed by atoms with E-state index in [-0.39, 0.29) is 42.2 Å². The summed E-state index contributed by atoms with van der Waals surface area (Å²) in [7, 11) is 0. The van der Waals surface area contributed by atoms with Crippen LogP contribution in [0.3, 0.4) is 0 Å². The van der Waals surface area contributed by atoms with Crippen molar-refractivity contribution in [3.05, 3.63) is 30.1 Å². The Hall–Kier alpha value is -2.11. The molecule has 146 valence electrons. The molecular formula is C21H27FN2O3. The first-order chi connectivity index (χ1) is 13.1. The number of ether oxygens (including phenoxy) is 1. The average molecular weight is 374 g/mol. The normalized spacial score (nSPS) is 32.6. The first kappa shape index (κ1) is 18.3. The molecule has 6 heteroatoms. The topological polar surface area (TPSA) is 67.4 Å². The summed E-state index contributed by atoms with van der Waals surface area (Å²) in [6.45, 7) is -0.0900. The Labute approximate surface area is 159 Å². The number of fused-ring (bicyclic) bond motifs is 3. The summed E-state index contributed by atoms with van der Waals surface area (Å²) < 4.78 is 18.3. The van der Waals surface area contributed by atoms with E-state index in [4.69, 9.17) is 4.74 Å². The fraction of sp³-hybridized carbons (Fsp3) is 0.619. The molecular weight excluding hydrogens is 347 g/mol. The molecule has 2 aliphatic carbocycles.